The Kier molecular flexibility index (Phi) is 6.87. The topological polar surface area (TPSA) is 93.1 Å². The van der Waals surface area contributed by atoms with Gasteiger partial charge in [0.2, 0.25) is 0 Å². The molecule has 0 aliphatic carbocycles. The van der Waals surface area contributed by atoms with Crippen LogP contribution < -0.4 is 16.7 Å². The molecule has 7 heteroatoms. The molecule has 0 bridgehead atoms. The SMILES string of the molecule is CC(C)(C)Oc1c([Te]c2cccc(C(=O)O)c2OC(C)(C)C)cccc1C(=O)O. The van der Waals surface area contributed by atoms with Crippen LogP contribution in [-0.4, -0.2) is 54.3 Å². The van der Waals surface area contributed by atoms with Crippen molar-refractivity contribution in [2.24, 2.45) is 0 Å². The predicted octanol–water partition coefficient (Wildman–Crippen LogP) is 3.09. The van der Waals surface area contributed by atoms with Gasteiger partial charge in [-0.25, -0.2) is 0 Å². The number of ether oxygens (including phenoxy) is 2. The molecule has 0 saturated heterocycles. The molecule has 6 nitrogen and oxygen atoms in total. The second-order valence-corrected chi connectivity index (χ2v) is 11.5. The van der Waals surface area contributed by atoms with E-state index in [1.807, 2.05) is 53.7 Å². The molecule has 0 amide bonds. The van der Waals surface area contributed by atoms with Gasteiger partial charge in [-0.05, 0) is 0 Å². The number of hydrogen-bond acceptors (Lipinski definition) is 4. The third kappa shape index (κ3) is 6.38. The van der Waals surface area contributed by atoms with E-state index in [0.29, 0.717) is 11.5 Å². The van der Waals surface area contributed by atoms with Gasteiger partial charge in [0.1, 0.15) is 0 Å². The molecule has 2 aromatic rings. The van der Waals surface area contributed by atoms with Gasteiger partial charge in [-0.1, -0.05) is 0 Å². The molecule has 156 valence electrons. The fourth-order valence-corrected chi connectivity index (χ4v) is 5.38. The number of carboxylic acids is 2. The van der Waals surface area contributed by atoms with E-state index in [-0.39, 0.29) is 11.1 Å². The number of para-hydroxylation sites is 2. The van der Waals surface area contributed by atoms with Crippen molar-refractivity contribution >= 4 is 40.1 Å². The van der Waals surface area contributed by atoms with E-state index in [9.17, 15) is 19.8 Å². The van der Waals surface area contributed by atoms with E-state index in [1.165, 1.54) is 12.1 Å². The molecule has 2 N–H and O–H groups in total. The van der Waals surface area contributed by atoms with Gasteiger partial charge in [-0.15, -0.1) is 0 Å². The molecule has 0 unspecified atom stereocenters. The van der Waals surface area contributed by atoms with Crippen molar-refractivity contribution in [3.63, 3.8) is 0 Å². The van der Waals surface area contributed by atoms with Crippen molar-refractivity contribution in [3.05, 3.63) is 47.5 Å². The predicted molar refractivity (Wildman–Crippen MR) is 113 cm³/mol. The van der Waals surface area contributed by atoms with E-state index in [4.69, 9.17) is 9.47 Å². The van der Waals surface area contributed by atoms with Crippen LogP contribution in [0.5, 0.6) is 11.5 Å². The zero-order valence-electron chi connectivity index (χ0n) is 17.4. The first kappa shape index (κ1) is 23.1. The maximum atomic E-state index is 11.7. The Hall–Kier alpha value is -2.23. The van der Waals surface area contributed by atoms with Gasteiger partial charge in [-0.3, -0.25) is 0 Å². The third-order valence-corrected chi connectivity index (χ3v) is 6.55. The molecule has 0 fully saturated rings. The van der Waals surface area contributed by atoms with Gasteiger partial charge < -0.3 is 0 Å². The van der Waals surface area contributed by atoms with Crippen LogP contribution in [0, 0.1) is 0 Å². The van der Waals surface area contributed by atoms with Crippen LogP contribution >= 0.6 is 0 Å². The van der Waals surface area contributed by atoms with Crippen LogP contribution in [0.3, 0.4) is 0 Å². The monoisotopic (exact) mass is 516 g/mol. The molecule has 0 aliphatic rings. The molecule has 0 saturated carbocycles. The molecule has 0 aromatic heterocycles. The normalized spacial score (nSPS) is 11.8. The molecule has 0 atom stereocenters. The molecule has 2 aromatic carbocycles. The van der Waals surface area contributed by atoms with Gasteiger partial charge in [0, 0.05) is 0 Å². The second kappa shape index (κ2) is 8.64. The zero-order valence-corrected chi connectivity index (χ0v) is 19.7. The van der Waals surface area contributed by atoms with Crippen LogP contribution in [0.2, 0.25) is 0 Å². The number of carboxylic acid groups (broad SMARTS) is 2. The van der Waals surface area contributed by atoms with Gasteiger partial charge in [0.05, 0.1) is 0 Å². The summed E-state index contributed by atoms with van der Waals surface area (Å²) in [6.45, 7) is 11.1. The first-order chi connectivity index (χ1) is 13.3. The van der Waals surface area contributed by atoms with Crippen molar-refractivity contribution in [2.45, 2.75) is 52.7 Å². The summed E-state index contributed by atoms with van der Waals surface area (Å²) in [5, 5.41) is 19.2. The third-order valence-electron chi connectivity index (χ3n) is 3.46. The van der Waals surface area contributed by atoms with E-state index >= 15 is 0 Å². The van der Waals surface area contributed by atoms with Crippen molar-refractivity contribution in [1.82, 2.24) is 0 Å². The Morgan fingerprint density at radius 1 is 0.724 bits per heavy atom. The summed E-state index contributed by atoms with van der Waals surface area (Å²) in [6, 6.07) is 10.1. The maximum absolute atomic E-state index is 11.7. The first-order valence-electron chi connectivity index (χ1n) is 9.07. The summed E-state index contributed by atoms with van der Waals surface area (Å²) in [5.41, 5.74) is -0.979. The Bertz CT molecular complexity index is 846. The molecule has 0 spiro atoms. The Balaban J connectivity index is 2.62. The van der Waals surface area contributed by atoms with Crippen LogP contribution in [0.15, 0.2) is 36.4 Å². The van der Waals surface area contributed by atoms with E-state index in [1.54, 1.807) is 12.1 Å². The van der Waals surface area contributed by atoms with Crippen LogP contribution in [-0.2, 0) is 0 Å². The minimum atomic E-state index is -1.21. The zero-order chi connectivity index (χ0) is 22.0. The van der Waals surface area contributed by atoms with Crippen molar-refractivity contribution in [3.8, 4) is 11.5 Å². The number of hydrogen-bond donors (Lipinski definition) is 2. The summed E-state index contributed by atoms with van der Waals surface area (Å²) < 4.78 is 13.6. The minimum absolute atomic E-state index is 0.0928. The number of rotatable bonds is 6. The van der Waals surface area contributed by atoms with Crippen molar-refractivity contribution in [1.29, 1.82) is 0 Å². The van der Waals surface area contributed by atoms with E-state index in [0.717, 1.165) is 7.22 Å². The Morgan fingerprint density at radius 3 is 1.34 bits per heavy atom. The molecule has 0 heterocycles. The quantitative estimate of drug-likeness (QED) is 0.577. The summed E-state index contributed by atoms with van der Waals surface area (Å²) in [5.74, 6) is -1.47. The van der Waals surface area contributed by atoms with E-state index < -0.39 is 44.1 Å². The molecule has 2 rings (SSSR count). The average Bonchev–Trinajstić information content (AvgIpc) is 2.54. The summed E-state index contributed by atoms with van der Waals surface area (Å²) in [6.07, 6.45) is 0. The Morgan fingerprint density at radius 2 is 1.07 bits per heavy atom. The Labute approximate surface area is 180 Å². The number of carbonyl (C=O) groups is 2. The van der Waals surface area contributed by atoms with Crippen LogP contribution in [0.25, 0.3) is 0 Å². The van der Waals surface area contributed by atoms with Crippen LogP contribution in [0.1, 0.15) is 62.3 Å². The first-order valence-corrected chi connectivity index (χ1v) is 11.4. The molecular weight excluding hydrogens is 488 g/mol. The van der Waals surface area contributed by atoms with Crippen LogP contribution in [0.4, 0.5) is 0 Å². The second-order valence-electron chi connectivity index (χ2n) is 8.41. The molecular formula is C22H26O6Te. The standard InChI is InChI=1S/C22H26O6Te/c1-21(2,3)27-17-13(19(23)24)9-7-11-15(17)29-16-12-8-10-14(20(25)26)18(16)28-22(4,5)6/h7-12H,1-6H3,(H,23,24)(H,25,26). The summed E-state index contributed by atoms with van der Waals surface area (Å²) in [7, 11) is 0. The van der Waals surface area contributed by atoms with Gasteiger partial charge in [0.25, 0.3) is 0 Å². The fraction of sp³-hybridized carbons (Fsp3) is 0.364. The van der Waals surface area contributed by atoms with Gasteiger partial charge in [0.15, 0.2) is 0 Å². The summed E-state index contributed by atoms with van der Waals surface area (Å²) >= 11 is -1.21. The number of benzene rings is 2. The molecule has 0 radical (unpaired) electrons. The number of aromatic carboxylic acids is 2. The summed E-state index contributed by atoms with van der Waals surface area (Å²) in [4.78, 5) is 23.5. The average molecular weight is 514 g/mol. The van der Waals surface area contributed by atoms with Gasteiger partial charge in [-0.2, -0.15) is 0 Å². The molecule has 29 heavy (non-hydrogen) atoms. The fourth-order valence-electron chi connectivity index (χ4n) is 2.47. The van der Waals surface area contributed by atoms with Crippen molar-refractivity contribution < 1.29 is 29.3 Å². The van der Waals surface area contributed by atoms with E-state index in [2.05, 4.69) is 0 Å². The van der Waals surface area contributed by atoms with Gasteiger partial charge >= 0.3 is 181 Å². The molecule has 0 aliphatic heterocycles. The van der Waals surface area contributed by atoms with Crippen molar-refractivity contribution in [2.75, 3.05) is 0 Å².